The lowest BCUT2D eigenvalue weighted by Gasteiger charge is -1.99. The molecule has 0 radical (unpaired) electrons. The van der Waals surface area contributed by atoms with E-state index in [1.54, 1.807) is 18.6 Å². The number of aromatic nitrogens is 2. The Morgan fingerprint density at radius 3 is 2.70 bits per heavy atom. The lowest BCUT2D eigenvalue weighted by atomic mass is 10.2. The zero-order chi connectivity index (χ0) is 14.2. The maximum absolute atomic E-state index is 11.6. The molecule has 0 atom stereocenters. The molecule has 1 amide bonds. The first-order chi connectivity index (χ1) is 9.74. The van der Waals surface area contributed by atoms with E-state index >= 15 is 0 Å². The molecule has 0 unspecified atom stereocenters. The van der Waals surface area contributed by atoms with Gasteiger partial charge in [-0.05, 0) is 18.1 Å². The number of thioether (sulfide) groups is 1. The number of nitrogens with one attached hydrogen (secondary N) is 1. The highest BCUT2D eigenvalue weighted by Gasteiger charge is 2.03. The normalized spacial score (nSPS) is 10.7. The average molecular weight is 286 g/mol. The van der Waals surface area contributed by atoms with E-state index in [0.717, 1.165) is 11.1 Å². The molecule has 5 nitrogen and oxygen atoms in total. The SMILES string of the molecule is Cc1cnc(SCC(=O)NN=Cc2ccccc2)nc1. The van der Waals surface area contributed by atoms with Crippen LogP contribution < -0.4 is 5.43 Å². The summed E-state index contributed by atoms with van der Waals surface area (Å²) in [5.41, 5.74) is 4.39. The van der Waals surface area contributed by atoms with Gasteiger partial charge in [0.25, 0.3) is 5.91 Å². The summed E-state index contributed by atoms with van der Waals surface area (Å²) in [6.45, 7) is 1.92. The summed E-state index contributed by atoms with van der Waals surface area (Å²) in [7, 11) is 0. The van der Waals surface area contributed by atoms with Crippen molar-refractivity contribution < 1.29 is 4.79 Å². The van der Waals surface area contributed by atoms with E-state index in [1.165, 1.54) is 11.8 Å². The Labute approximate surface area is 121 Å². The highest BCUT2D eigenvalue weighted by atomic mass is 32.2. The van der Waals surface area contributed by atoms with Crippen LogP contribution in [0.15, 0.2) is 53.0 Å². The first-order valence-corrected chi connectivity index (χ1v) is 7.01. The van der Waals surface area contributed by atoms with Crippen molar-refractivity contribution in [2.75, 3.05) is 5.75 Å². The number of nitrogens with zero attached hydrogens (tertiary/aromatic N) is 3. The van der Waals surface area contributed by atoms with Crippen molar-refractivity contribution in [3.05, 3.63) is 53.9 Å². The van der Waals surface area contributed by atoms with Crippen molar-refractivity contribution in [1.82, 2.24) is 15.4 Å². The molecule has 1 heterocycles. The van der Waals surface area contributed by atoms with Crippen LogP contribution in [0.1, 0.15) is 11.1 Å². The lowest BCUT2D eigenvalue weighted by Crippen LogP contribution is -2.19. The molecule has 6 heteroatoms. The lowest BCUT2D eigenvalue weighted by molar-refractivity contribution is -0.118. The first kappa shape index (κ1) is 14.2. The molecule has 1 N–H and O–H groups in total. The van der Waals surface area contributed by atoms with Crippen LogP contribution >= 0.6 is 11.8 Å². The summed E-state index contributed by atoms with van der Waals surface area (Å²) in [5.74, 6) is 0.0428. The summed E-state index contributed by atoms with van der Waals surface area (Å²) < 4.78 is 0. The molecule has 0 fully saturated rings. The van der Waals surface area contributed by atoms with Gasteiger partial charge in [0.05, 0.1) is 12.0 Å². The zero-order valence-electron chi connectivity index (χ0n) is 11.0. The Morgan fingerprint density at radius 1 is 1.30 bits per heavy atom. The quantitative estimate of drug-likeness (QED) is 0.395. The van der Waals surface area contributed by atoms with E-state index in [1.807, 2.05) is 37.3 Å². The molecule has 0 saturated carbocycles. The Hall–Kier alpha value is -2.21. The molecule has 0 aliphatic carbocycles. The first-order valence-electron chi connectivity index (χ1n) is 6.02. The number of aryl methyl sites for hydroxylation is 1. The smallest absolute Gasteiger partial charge is 0.250 e. The van der Waals surface area contributed by atoms with E-state index in [-0.39, 0.29) is 11.7 Å². The second-order valence-electron chi connectivity index (χ2n) is 4.04. The van der Waals surface area contributed by atoms with Crippen LogP contribution in [0.5, 0.6) is 0 Å². The number of benzene rings is 1. The van der Waals surface area contributed by atoms with Crippen molar-refractivity contribution in [1.29, 1.82) is 0 Å². The molecule has 0 spiro atoms. The van der Waals surface area contributed by atoms with Crippen LogP contribution in [-0.4, -0.2) is 27.8 Å². The number of hydrogen-bond acceptors (Lipinski definition) is 5. The standard InChI is InChI=1S/C14H14N4OS/c1-11-7-15-14(16-8-11)20-10-13(19)18-17-9-12-5-3-2-4-6-12/h2-9H,10H2,1H3,(H,18,19). The van der Waals surface area contributed by atoms with Gasteiger partial charge in [-0.15, -0.1) is 0 Å². The second-order valence-corrected chi connectivity index (χ2v) is 4.98. The predicted molar refractivity (Wildman–Crippen MR) is 79.7 cm³/mol. The minimum Gasteiger partial charge on any atom is -0.272 e. The van der Waals surface area contributed by atoms with E-state index < -0.39 is 0 Å². The summed E-state index contributed by atoms with van der Waals surface area (Å²) in [6, 6.07) is 9.56. The third-order valence-electron chi connectivity index (χ3n) is 2.29. The van der Waals surface area contributed by atoms with Gasteiger partial charge in [0, 0.05) is 12.4 Å². The van der Waals surface area contributed by atoms with Crippen LogP contribution in [0.25, 0.3) is 0 Å². The van der Waals surface area contributed by atoms with Gasteiger partial charge in [-0.1, -0.05) is 42.1 Å². The number of carbonyl (C=O) groups excluding carboxylic acids is 1. The molecule has 102 valence electrons. The van der Waals surface area contributed by atoms with Gasteiger partial charge in [-0.25, -0.2) is 15.4 Å². The fourth-order valence-electron chi connectivity index (χ4n) is 1.34. The van der Waals surface area contributed by atoms with Crippen molar-refractivity contribution in [3.63, 3.8) is 0 Å². The van der Waals surface area contributed by atoms with Crippen LogP contribution in [-0.2, 0) is 4.79 Å². The average Bonchev–Trinajstić information content (AvgIpc) is 2.48. The Kier molecular flexibility index (Phi) is 5.25. The van der Waals surface area contributed by atoms with Gasteiger partial charge in [0.15, 0.2) is 5.16 Å². The molecular weight excluding hydrogens is 272 g/mol. The van der Waals surface area contributed by atoms with E-state index in [9.17, 15) is 4.79 Å². The number of carbonyl (C=O) groups is 1. The van der Waals surface area contributed by atoms with Crippen molar-refractivity contribution in [2.24, 2.45) is 5.10 Å². The van der Waals surface area contributed by atoms with E-state index in [0.29, 0.717) is 5.16 Å². The largest absolute Gasteiger partial charge is 0.272 e. The van der Waals surface area contributed by atoms with Crippen LogP contribution in [0, 0.1) is 6.92 Å². The van der Waals surface area contributed by atoms with Gasteiger partial charge in [-0.3, -0.25) is 4.79 Å². The highest BCUT2D eigenvalue weighted by molar-refractivity contribution is 7.99. The van der Waals surface area contributed by atoms with Gasteiger partial charge >= 0.3 is 0 Å². The van der Waals surface area contributed by atoms with Crippen molar-refractivity contribution >= 4 is 23.9 Å². The number of amides is 1. The molecule has 0 aliphatic heterocycles. The third-order valence-corrected chi connectivity index (χ3v) is 3.17. The summed E-state index contributed by atoms with van der Waals surface area (Å²) in [6.07, 6.45) is 5.05. The topological polar surface area (TPSA) is 67.2 Å². The fraction of sp³-hybridized carbons (Fsp3) is 0.143. The van der Waals surface area contributed by atoms with Gasteiger partial charge in [0.2, 0.25) is 0 Å². The molecular formula is C14H14N4OS. The maximum Gasteiger partial charge on any atom is 0.250 e. The van der Waals surface area contributed by atoms with Crippen molar-refractivity contribution in [2.45, 2.75) is 12.1 Å². The molecule has 2 aromatic rings. The second kappa shape index (κ2) is 7.40. The molecule has 0 saturated heterocycles. The number of rotatable bonds is 5. The molecule has 0 bridgehead atoms. The minimum absolute atomic E-state index is 0.189. The summed E-state index contributed by atoms with van der Waals surface area (Å²) >= 11 is 1.28. The molecule has 1 aromatic carbocycles. The molecule has 0 aliphatic rings. The van der Waals surface area contributed by atoms with Gasteiger partial charge < -0.3 is 0 Å². The predicted octanol–water partition coefficient (Wildman–Crippen LogP) is 2.03. The monoisotopic (exact) mass is 286 g/mol. The Morgan fingerprint density at radius 2 is 2.00 bits per heavy atom. The van der Waals surface area contributed by atoms with Crippen LogP contribution in [0.2, 0.25) is 0 Å². The van der Waals surface area contributed by atoms with Gasteiger partial charge in [-0.2, -0.15) is 5.10 Å². The number of hydrogen-bond donors (Lipinski definition) is 1. The highest BCUT2D eigenvalue weighted by Crippen LogP contribution is 2.10. The fourth-order valence-corrected chi connectivity index (χ4v) is 1.91. The van der Waals surface area contributed by atoms with E-state index in [2.05, 4.69) is 20.5 Å². The summed E-state index contributed by atoms with van der Waals surface area (Å²) in [4.78, 5) is 19.8. The zero-order valence-corrected chi connectivity index (χ0v) is 11.8. The van der Waals surface area contributed by atoms with E-state index in [4.69, 9.17) is 0 Å². The molecule has 2 rings (SSSR count). The van der Waals surface area contributed by atoms with Crippen LogP contribution in [0.4, 0.5) is 0 Å². The number of hydrazone groups is 1. The summed E-state index contributed by atoms with van der Waals surface area (Å²) in [5, 5.41) is 4.47. The molecule has 20 heavy (non-hydrogen) atoms. The van der Waals surface area contributed by atoms with Gasteiger partial charge in [0.1, 0.15) is 0 Å². The third kappa shape index (κ3) is 4.81. The van der Waals surface area contributed by atoms with Crippen LogP contribution in [0.3, 0.4) is 0 Å². The minimum atomic E-state index is -0.189. The Balaban J connectivity index is 1.76. The maximum atomic E-state index is 11.6. The van der Waals surface area contributed by atoms with Crippen molar-refractivity contribution in [3.8, 4) is 0 Å². The Bertz CT molecular complexity index is 584. The molecule has 1 aromatic heterocycles.